The molecule has 0 unspecified atom stereocenters. The third-order valence-corrected chi connectivity index (χ3v) is 3.04. The summed E-state index contributed by atoms with van der Waals surface area (Å²) in [5.41, 5.74) is 8.74. The van der Waals surface area contributed by atoms with Crippen LogP contribution in [0.15, 0.2) is 36.8 Å². The number of nitrogens with two attached hydrogens (primary N) is 1. The largest absolute Gasteiger partial charge is 0.384 e. The summed E-state index contributed by atoms with van der Waals surface area (Å²) >= 11 is 0. The second-order valence-corrected chi connectivity index (χ2v) is 4.42. The third kappa shape index (κ3) is 2.03. The van der Waals surface area contributed by atoms with Gasteiger partial charge in [0.2, 0.25) is 0 Å². The monoisotopic (exact) mass is 253 g/mol. The molecule has 0 aliphatic heterocycles. The highest BCUT2D eigenvalue weighted by Gasteiger charge is 2.12. The lowest BCUT2D eigenvalue weighted by molar-refractivity contribution is 0.704. The van der Waals surface area contributed by atoms with E-state index in [9.17, 15) is 0 Å². The summed E-state index contributed by atoms with van der Waals surface area (Å²) in [7, 11) is 0. The highest BCUT2D eigenvalue weighted by atomic mass is 15.1. The number of rotatable bonds is 3. The summed E-state index contributed by atoms with van der Waals surface area (Å²) in [6, 6.07) is 5.77. The molecule has 0 aliphatic rings. The molecule has 0 atom stereocenters. The highest BCUT2D eigenvalue weighted by Crippen LogP contribution is 2.25. The van der Waals surface area contributed by atoms with Crippen LogP contribution in [-0.2, 0) is 6.54 Å². The molecule has 0 spiro atoms. The van der Waals surface area contributed by atoms with Crippen molar-refractivity contribution in [3.05, 3.63) is 36.8 Å². The van der Waals surface area contributed by atoms with Crippen LogP contribution in [0.3, 0.4) is 0 Å². The van der Waals surface area contributed by atoms with E-state index in [1.165, 1.54) is 0 Å². The van der Waals surface area contributed by atoms with Crippen molar-refractivity contribution in [2.75, 3.05) is 5.73 Å². The number of nitrogens with zero attached hydrogens (tertiary/aromatic N) is 4. The fourth-order valence-electron chi connectivity index (χ4n) is 2.24. The SMILES string of the molecule is CCCn1c(-c2ccnc(N)c2)nc2cnccc21. The standard InChI is InChI=1S/C14H15N5/c1-2-7-19-12-4-5-16-9-11(12)18-14(19)10-3-6-17-13(15)8-10/h3-6,8-9H,2,7H2,1H3,(H2,15,17). The molecule has 19 heavy (non-hydrogen) atoms. The van der Waals surface area contributed by atoms with E-state index in [-0.39, 0.29) is 0 Å². The Hall–Kier alpha value is -2.43. The molecule has 5 nitrogen and oxygen atoms in total. The average molecular weight is 253 g/mol. The van der Waals surface area contributed by atoms with Crippen molar-refractivity contribution in [3.63, 3.8) is 0 Å². The van der Waals surface area contributed by atoms with Crippen LogP contribution in [0.25, 0.3) is 22.4 Å². The van der Waals surface area contributed by atoms with E-state index >= 15 is 0 Å². The molecule has 2 N–H and O–H groups in total. The van der Waals surface area contributed by atoms with Crippen molar-refractivity contribution >= 4 is 16.9 Å². The first kappa shape index (κ1) is 11.6. The van der Waals surface area contributed by atoms with Gasteiger partial charge >= 0.3 is 0 Å². The zero-order chi connectivity index (χ0) is 13.2. The Morgan fingerprint density at radius 1 is 1.26 bits per heavy atom. The van der Waals surface area contributed by atoms with Crippen LogP contribution in [0, 0.1) is 0 Å². The Kier molecular flexibility index (Phi) is 2.87. The first-order chi connectivity index (χ1) is 9.29. The number of hydrogen-bond donors (Lipinski definition) is 1. The normalized spacial score (nSPS) is 11.0. The number of aromatic nitrogens is 4. The number of anilines is 1. The molecular weight excluding hydrogens is 238 g/mol. The van der Waals surface area contributed by atoms with Gasteiger partial charge in [-0.3, -0.25) is 4.98 Å². The van der Waals surface area contributed by atoms with E-state index in [1.807, 2.05) is 18.2 Å². The van der Waals surface area contributed by atoms with Gasteiger partial charge in [-0.15, -0.1) is 0 Å². The van der Waals surface area contributed by atoms with Gasteiger partial charge in [0.15, 0.2) is 0 Å². The van der Waals surface area contributed by atoms with Crippen LogP contribution in [-0.4, -0.2) is 19.5 Å². The number of nitrogen functional groups attached to an aromatic ring is 1. The molecule has 3 aromatic rings. The van der Waals surface area contributed by atoms with Crippen LogP contribution in [0.2, 0.25) is 0 Å². The molecule has 0 aliphatic carbocycles. The molecule has 0 saturated carbocycles. The van der Waals surface area contributed by atoms with E-state index in [4.69, 9.17) is 5.73 Å². The quantitative estimate of drug-likeness (QED) is 0.778. The Morgan fingerprint density at radius 2 is 2.16 bits per heavy atom. The molecular formula is C14H15N5. The van der Waals surface area contributed by atoms with Crippen LogP contribution in [0.4, 0.5) is 5.82 Å². The molecule has 0 fully saturated rings. The molecule has 5 heteroatoms. The zero-order valence-corrected chi connectivity index (χ0v) is 10.7. The minimum absolute atomic E-state index is 0.505. The van der Waals surface area contributed by atoms with Gasteiger partial charge in [0.25, 0.3) is 0 Å². The number of fused-ring (bicyclic) bond motifs is 1. The first-order valence-corrected chi connectivity index (χ1v) is 6.31. The first-order valence-electron chi connectivity index (χ1n) is 6.31. The van der Waals surface area contributed by atoms with Crippen LogP contribution in [0.1, 0.15) is 13.3 Å². The third-order valence-electron chi connectivity index (χ3n) is 3.04. The van der Waals surface area contributed by atoms with Crippen molar-refractivity contribution in [1.82, 2.24) is 19.5 Å². The van der Waals surface area contributed by atoms with E-state index in [2.05, 4.69) is 26.4 Å². The topological polar surface area (TPSA) is 69.6 Å². The van der Waals surface area contributed by atoms with Gasteiger partial charge < -0.3 is 10.3 Å². The lowest BCUT2D eigenvalue weighted by Crippen LogP contribution is -2.00. The van der Waals surface area contributed by atoms with Crippen molar-refractivity contribution in [1.29, 1.82) is 0 Å². The number of pyridine rings is 2. The zero-order valence-electron chi connectivity index (χ0n) is 10.7. The van der Waals surface area contributed by atoms with Crippen molar-refractivity contribution in [3.8, 4) is 11.4 Å². The molecule has 0 radical (unpaired) electrons. The fraction of sp³-hybridized carbons (Fsp3) is 0.214. The van der Waals surface area contributed by atoms with Gasteiger partial charge in [-0.2, -0.15) is 0 Å². The molecule has 0 bridgehead atoms. The Balaban J connectivity index is 2.25. The second-order valence-electron chi connectivity index (χ2n) is 4.42. The van der Waals surface area contributed by atoms with Crippen molar-refractivity contribution < 1.29 is 0 Å². The van der Waals surface area contributed by atoms with Gasteiger partial charge in [-0.1, -0.05) is 6.92 Å². The van der Waals surface area contributed by atoms with Gasteiger partial charge in [0.05, 0.1) is 11.7 Å². The number of hydrogen-bond acceptors (Lipinski definition) is 4. The fourth-order valence-corrected chi connectivity index (χ4v) is 2.24. The van der Waals surface area contributed by atoms with E-state index in [0.717, 1.165) is 35.4 Å². The van der Waals surface area contributed by atoms with Crippen molar-refractivity contribution in [2.45, 2.75) is 19.9 Å². The lowest BCUT2D eigenvalue weighted by atomic mass is 10.2. The predicted octanol–water partition coefficient (Wildman–Crippen LogP) is 2.49. The number of imidazole rings is 1. The molecule has 0 aromatic carbocycles. The summed E-state index contributed by atoms with van der Waals surface area (Å²) in [6.07, 6.45) is 6.33. The Morgan fingerprint density at radius 3 is 2.95 bits per heavy atom. The molecule has 0 amide bonds. The van der Waals surface area contributed by atoms with Crippen LogP contribution >= 0.6 is 0 Å². The Bertz CT molecular complexity index is 717. The minimum atomic E-state index is 0.505. The van der Waals surface area contributed by atoms with Crippen LogP contribution in [0.5, 0.6) is 0 Å². The van der Waals surface area contributed by atoms with Gasteiger partial charge in [0, 0.05) is 24.5 Å². The average Bonchev–Trinajstić information content (AvgIpc) is 2.79. The highest BCUT2D eigenvalue weighted by molar-refractivity contribution is 5.80. The summed E-state index contributed by atoms with van der Waals surface area (Å²) in [6.45, 7) is 3.07. The maximum atomic E-state index is 5.75. The van der Waals surface area contributed by atoms with E-state index in [0.29, 0.717) is 5.82 Å². The predicted molar refractivity (Wildman–Crippen MR) is 75.5 cm³/mol. The van der Waals surface area contributed by atoms with Gasteiger partial charge in [-0.25, -0.2) is 9.97 Å². The number of aryl methyl sites for hydroxylation is 1. The molecule has 0 saturated heterocycles. The minimum Gasteiger partial charge on any atom is -0.384 e. The molecule has 3 rings (SSSR count). The summed E-state index contributed by atoms with van der Waals surface area (Å²) in [5.74, 6) is 1.42. The maximum absolute atomic E-state index is 5.75. The molecule has 3 aromatic heterocycles. The lowest BCUT2D eigenvalue weighted by Gasteiger charge is -2.07. The maximum Gasteiger partial charge on any atom is 0.141 e. The molecule has 3 heterocycles. The van der Waals surface area contributed by atoms with Crippen molar-refractivity contribution in [2.24, 2.45) is 0 Å². The summed E-state index contributed by atoms with van der Waals surface area (Å²) < 4.78 is 2.20. The van der Waals surface area contributed by atoms with Crippen LogP contribution < -0.4 is 5.73 Å². The van der Waals surface area contributed by atoms with E-state index in [1.54, 1.807) is 18.6 Å². The summed E-state index contributed by atoms with van der Waals surface area (Å²) in [5, 5.41) is 0. The van der Waals surface area contributed by atoms with Gasteiger partial charge in [0.1, 0.15) is 17.2 Å². The Labute approximate surface area is 111 Å². The second kappa shape index (κ2) is 4.68. The van der Waals surface area contributed by atoms with Gasteiger partial charge in [-0.05, 0) is 24.6 Å². The molecule has 96 valence electrons. The summed E-state index contributed by atoms with van der Waals surface area (Å²) in [4.78, 5) is 12.8. The smallest absolute Gasteiger partial charge is 0.141 e. The van der Waals surface area contributed by atoms with E-state index < -0.39 is 0 Å².